The Balaban J connectivity index is 1.46. The lowest BCUT2D eigenvalue weighted by Crippen LogP contribution is -2.54. The molecule has 4 rings (SSSR count). The predicted octanol–water partition coefficient (Wildman–Crippen LogP) is 6.49. The molecule has 0 amide bonds. The molecule has 176 valence electrons. The summed E-state index contributed by atoms with van der Waals surface area (Å²) in [6, 6.07) is 0. The standard InChI is InChI=1S/C25H37F3O3/c1-15(29)31-17-8-11-23(2)16(14-17)4-5-18-19-6-7-21(22(30)10-13-25(26,27)28)24(19,3)12-9-20(18)23/h16-21H,4-14H2,1-3H3/t16-,17-,18+,19+,20+,21-,23+,24+/m1/s1. The van der Waals surface area contributed by atoms with E-state index in [1.807, 2.05) is 0 Å². The zero-order valence-electron chi connectivity index (χ0n) is 19.1. The Morgan fingerprint density at radius 2 is 1.61 bits per heavy atom. The summed E-state index contributed by atoms with van der Waals surface area (Å²) in [5, 5.41) is 0. The van der Waals surface area contributed by atoms with Gasteiger partial charge in [0.1, 0.15) is 11.9 Å². The number of Topliss-reactive ketones (excluding diaryl/α,β-unsaturated/α-hetero) is 1. The van der Waals surface area contributed by atoms with Gasteiger partial charge in [0.05, 0.1) is 6.42 Å². The third kappa shape index (κ3) is 4.17. The molecule has 0 spiro atoms. The van der Waals surface area contributed by atoms with Crippen molar-refractivity contribution in [3.8, 4) is 0 Å². The van der Waals surface area contributed by atoms with Crippen LogP contribution in [-0.2, 0) is 14.3 Å². The number of ketones is 1. The molecule has 8 atom stereocenters. The van der Waals surface area contributed by atoms with Crippen molar-refractivity contribution in [3.63, 3.8) is 0 Å². The molecule has 0 aromatic carbocycles. The smallest absolute Gasteiger partial charge is 0.389 e. The molecule has 3 nitrogen and oxygen atoms in total. The van der Waals surface area contributed by atoms with Crippen LogP contribution in [0.25, 0.3) is 0 Å². The van der Waals surface area contributed by atoms with Gasteiger partial charge in [-0.2, -0.15) is 13.2 Å². The van der Waals surface area contributed by atoms with Crippen LogP contribution in [0.5, 0.6) is 0 Å². The Labute approximate surface area is 183 Å². The largest absolute Gasteiger partial charge is 0.463 e. The normalized spacial score (nSPS) is 44.7. The summed E-state index contributed by atoms with van der Waals surface area (Å²) in [7, 11) is 0. The van der Waals surface area contributed by atoms with Crippen molar-refractivity contribution in [1.29, 1.82) is 0 Å². The number of esters is 1. The monoisotopic (exact) mass is 442 g/mol. The van der Waals surface area contributed by atoms with E-state index in [1.54, 1.807) is 0 Å². The Hall–Kier alpha value is -1.07. The summed E-state index contributed by atoms with van der Waals surface area (Å²) in [5.41, 5.74) is 0.112. The van der Waals surface area contributed by atoms with Crippen molar-refractivity contribution in [2.75, 3.05) is 0 Å². The van der Waals surface area contributed by atoms with E-state index in [9.17, 15) is 22.8 Å². The van der Waals surface area contributed by atoms with E-state index in [4.69, 9.17) is 4.74 Å². The number of fused-ring (bicyclic) bond motifs is 5. The fourth-order valence-corrected chi connectivity index (χ4v) is 8.53. The second-order valence-electron chi connectivity index (χ2n) is 11.4. The zero-order chi connectivity index (χ0) is 22.6. The molecule has 0 unspecified atom stereocenters. The number of hydrogen-bond acceptors (Lipinski definition) is 3. The Morgan fingerprint density at radius 1 is 0.935 bits per heavy atom. The van der Waals surface area contributed by atoms with Crippen LogP contribution in [0, 0.1) is 40.4 Å². The lowest BCUT2D eigenvalue weighted by Gasteiger charge is -2.61. The van der Waals surface area contributed by atoms with Gasteiger partial charge >= 0.3 is 12.1 Å². The lowest BCUT2D eigenvalue weighted by molar-refractivity contribution is -0.161. The number of alkyl halides is 3. The molecule has 6 heteroatoms. The SMILES string of the molecule is CC(=O)O[C@@H]1CC[C@@]2(C)[C@H](CC[C@@H]3[C@@H]2CC[C@]2(C)[C@@H](C(=O)CCC(F)(F)F)CC[C@@H]32)C1. The molecule has 0 bridgehead atoms. The number of hydrogen-bond donors (Lipinski definition) is 0. The maximum Gasteiger partial charge on any atom is 0.389 e. The van der Waals surface area contributed by atoms with Crippen molar-refractivity contribution in [2.45, 2.75) is 104 Å². The van der Waals surface area contributed by atoms with Crippen molar-refractivity contribution in [2.24, 2.45) is 40.4 Å². The molecule has 0 radical (unpaired) electrons. The molecule has 4 saturated carbocycles. The molecule has 0 aromatic heterocycles. The van der Waals surface area contributed by atoms with E-state index >= 15 is 0 Å². The van der Waals surface area contributed by atoms with Crippen LogP contribution in [0.1, 0.15) is 91.4 Å². The third-order valence-corrected chi connectivity index (χ3v) is 9.99. The van der Waals surface area contributed by atoms with E-state index in [2.05, 4.69) is 13.8 Å². The van der Waals surface area contributed by atoms with E-state index in [-0.39, 0.29) is 41.0 Å². The highest BCUT2D eigenvalue weighted by Gasteiger charge is 2.61. The second-order valence-corrected chi connectivity index (χ2v) is 11.4. The fraction of sp³-hybridized carbons (Fsp3) is 0.920. The highest BCUT2D eigenvalue weighted by Crippen LogP contribution is 2.67. The molecule has 0 heterocycles. The molecule has 0 saturated heterocycles. The highest BCUT2D eigenvalue weighted by atomic mass is 19.4. The van der Waals surface area contributed by atoms with Crippen LogP contribution in [0.4, 0.5) is 13.2 Å². The van der Waals surface area contributed by atoms with Crippen LogP contribution in [0.3, 0.4) is 0 Å². The summed E-state index contributed by atoms with van der Waals surface area (Å²) < 4.78 is 43.5. The van der Waals surface area contributed by atoms with Crippen molar-refractivity contribution in [1.82, 2.24) is 0 Å². The first-order valence-corrected chi connectivity index (χ1v) is 12.2. The Bertz CT molecular complexity index is 719. The van der Waals surface area contributed by atoms with Gasteiger partial charge in [-0.05, 0) is 92.3 Å². The lowest BCUT2D eigenvalue weighted by atomic mass is 9.44. The molecular formula is C25H37F3O3. The number of carbonyl (C=O) groups is 2. The maximum absolute atomic E-state index is 12.8. The topological polar surface area (TPSA) is 43.4 Å². The Morgan fingerprint density at radius 3 is 2.29 bits per heavy atom. The van der Waals surface area contributed by atoms with Gasteiger partial charge in [-0.3, -0.25) is 9.59 Å². The molecular weight excluding hydrogens is 405 g/mol. The first-order chi connectivity index (χ1) is 14.4. The van der Waals surface area contributed by atoms with Crippen LogP contribution >= 0.6 is 0 Å². The number of carbonyl (C=O) groups excluding carboxylic acids is 2. The molecule has 0 aromatic rings. The van der Waals surface area contributed by atoms with Crippen molar-refractivity contribution < 1.29 is 27.5 Å². The predicted molar refractivity (Wildman–Crippen MR) is 111 cm³/mol. The molecule has 4 aliphatic rings. The van der Waals surface area contributed by atoms with Crippen LogP contribution < -0.4 is 0 Å². The summed E-state index contributed by atoms with van der Waals surface area (Å²) in [5.74, 6) is 1.66. The molecule has 0 N–H and O–H groups in total. The van der Waals surface area contributed by atoms with Gasteiger partial charge in [-0.25, -0.2) is 0 Å². The van der Waals surface area contributed by atoms with Gasteiger partial charge in [0.25, 0.3) is 0 Å². The van der Waals surface area contributed by atoms with Gasteiger partial charge in [0.2, 0.25) is 0 Å². The first kappa shape index (κ1) is 23.1. The van der Waals surface area contributed by atoms with Crippen LogP contribution in [-0.4, -0.2) is 24.0 Å². The summed E-state index contributed by atoms with van der Waals surface area (Å²) >= 11 is 0. The molecule has 0 aliphatic heterocycles. The van der Waals surface area contributed by atoms with E-state index in [0.717, 1.165) is 57.8 Å². The van der Waals surface area contributed by atoms with E-state index in [1.165, 1.54) is 6.92 Å². The van der Waals surface area contributed by atoms with Gasteiger partial charge < -0.3 is 4.74 Å². The minimum absolute atomic E-state index is 0.0445. The summed E-state index contributed by atoms with van der Waals surface area (Å²) in [6.07, 6.45) is 3.45. The van der Waals surface area contributed by atoms with Gasteiger partial charge in [-0.15, -0.1) is 0 Å². The molecule has 31 heavy (non-hydrogen) atoms. The Kier molecular flexibility index (Phi) is 6.00. The summed E-state index contributed by atoms with van der Waals surface area (Å²) in [6.45, 7) is 6.12. The third-order valence-electron chi connectivity index (χ3n) is 9.99. The second kappa shape index (κ2) is 8.06. The zero-order valence-corrected chi connectivity index (χ0v) is 19.1. The van der Waals surface area contributed by atoms with Crippen LogP contribution in [0.2, 0.25) is 0 Å². The maximum atomic E-state index is 12.8. The number of rotatable bonds is 4. The average molecular weight is 443 g/mol. The minimum atomic E-state index is -4.26. The van der Waals surface area contributed by atoms with E-state index in [0.29, 0.717) is 23.7 Å². The fourth-order valence-electron chi connectivity index (χ4n) is 8.53. The van der Waals surface area contributed by atoms with Crippen molar-refractivity contribution >= 4 is 11.8 Å². The highest BCUT2D eigenvalue weighted by molar-refractivity contribution is 5.82. The minimum Gasteiger partial charge on any atom is -0.463 e. The molecule has 4 fully saturated rings. The first-order valence-electron chi connectivity index (χ1n) is 12.2. The summed E-state index contributed by atoms with van der Waals surface area (Å²) in [4.78, 5) is 24.2. The van der Waals surface area contributed by atoms with Gasteiger partial charge in [0.15, 0.2) is 0 Å². The van der Waals surface area contributed by atoms with Gasteiger partial charge in [-0.1, -0.05) is 13.8 Å². The number of ether oxygens (including phenoxy) is 1. The molecule has 4 aliphatic carbocycles. The van der Waals surface area contributed by atoms with E-state index < -0.39 is 12.6 Å². The average Bonchev–Trinajstić information content (AvgIpc) is 3.03. The van der Waals surface area contributed by atoms with Crippen molar-refractivity contribution in [3.05, 3.63) is 0 Å². The van der Waals surface area contributed by atoms with Crippen LogP contribution in [0.15, 0.2) is 0 Å². The quantitative estimate of drug-likeness (QED) is 0.468. The number of halogens is 3. The van der Waals surface area contributed by atoms with Gasteiger partial charge in [0, 0.05) is 19.3 Å².